The summed E-state index contributed by atoms with van der Waals surface area (Å²) in [7, 11) is 1.66. The van der Waals surface area contributed by atoms with Crippen LogP contribution in [0.3, 0.4) is 0 Å². The lowest BCUT2D eigenvalue weighted by molar-refractivity contribution is -0.147. The van der Waals surface area contributed by atoms with Crippen LogP contribution in [0, 0.1) is 0 Å². The molecule has 3 heterocycles. The summed E-state index contributed by atoms with van der Waals surface area (Å²) < 4.78 is 44.6. The van der Waals surface area contributed by atoms with Crippen LogP contribution in [0.4, 0.5) is 8.78 Å². The van der Waals surface area contributed by atoms with Gasteiger partial charge in [-0.1, -0.05) is 30.7 Å². The molecule has 3 aliphatic rings. The van der Waals surface area contributed by atoms with Gasteiger partial charge in [-0.2, -0.15) is 0 Å². The number of alkyl halides is 2. The number of pyridine rings is 1. The molecule has 1 fully saturated rings. The number of halogens is 2. The van der Waals surface area contributed by atoms with E-state index in [2.05, 4.69) is 41.1 Å². The molecule has 1 aromatic carbocycles. The molecule has 194 valence electrons. The highest BCUT2D eigenvalue weighted by Gasteiger charge is 2.47. The average molecular weight is 499 g/mol. The van der Waals surface area contributed by atoms with Gasteiger partial charge in [0.05, 0.1) is 39.6 Å². The number of unbranched alkanes of at least 4 members (excludes halogenated alkanes) is 3. The maximum absolute atomic E-state index is 15.4. The maximum atomic E-state index is 15.4. The van der Waals surface area contributed by atoms with Crippen molar-refractivity contribution < 1.29 is 23.0 Å². The lowest BCUT2D eigenvalue weighted by Gasteiger charge is -2.47. The molecule has 2 atom stereocenters. The van der Waals surface area contributed by atoms with Crippen LogP contribution >= 0.6 is 0 Å². The third-order valence-corrected chi connectivity index (χ3v) is 7.69. The van der Waals surface area contributed by atoms with Crippen molar-refractivity contribution >= 4 is 5.57 Å². The van der Waals surface area contributed by atoms with E-state index in [4.69, 9.17) is 14.2 Å². The lowest BCUT2D eigenvalue weighted by Crippen LogP contribution is -2.57. The zero-order valence-electron chi connectivity index (χ0n) is 21.3. The van der Waals surface area contributed by atoms with Gasteiger partial charge < -0.3 is 14.2 Å². The Hall–Kier alpha value is -2.51. The quantitative estimate of drug-likeness (QED) is 0.362. The highest BCUT2D eigenvalue weighted by atomic mass is 19.1. The molecule has 0 radical (unpaired) electrons. The second kappa shape index (κ2) is 10.9. The minimum Gasteiger partial charge on any atom is -0.496 e. The van der Waals surface area contributed by atoms with Gasteiger partial charge in [-0.15, -0.1) is 0 Å². The van der Waals surface area contributed by atoms with Crippen molar-refractivity contribution in [3.05, 3.63) is 58.8 Å². The van der Waals surface area contributed by atoms with Crippen LogP contribution in [0.1, 0.15) is 61.8 Å². The molecule has 2 aromatic rings. The van der Waals surface area contributed by atoms with E-state index in [1.807, 2.05) is 12.3 Å². The van der Waals surface area contributed by atoms with Gasteiger partial charge in [-0.05, 0) is 61.3 Å². The molecule has 2 aliphatic heterocycles. The normalized spacial score (nSPS) is 22.7. The second-order valence-corrected chi connectivity index (χ2v) is 10.3. The predicted octanol–water partition coefficient (Wildman–Crippen LogP) is 5.88. The largest absolute Gasteiger partial charge is 0.496 e. The topological polar surface area (TPSA) is 43.8 Å². The van der Waals surface area contributed by atoms with Crippen LogP contribution < -0.4 is 9.47 Å². The smallest absolute Gasteiger partial charge is 0.216 e. The molecule has 1 aromatic heterocycles. The minimum atomic E-state index is -1.33. The molecule has 7 heteroatoms. The van der Waals surface area contributed by atoms with Crippen molar-refractivity contribution in [2.45, 2.75) is 63.2 Å². The average Bonchev–Trinajstić information content (AvgIpc) is 3.23. The Labute approximate surface area is 212 Å². The molecule has 5 nitrogen and oxygen atoms in total. The Morgan fingerprint density at radius 2 is 1.97 bits per heavy atom. The SMILES string of the molecule is COc1cc(OCCCCCCF)ncc1[C@@H]1C2=C(C[C@@H](C)N1CC1(F)COC1)c1ccccc1C2. The summed E-state index contributed by atoms with van der Waals surface area (Å²) in [6, 6.07) is 10.4. The number of hydrogen-bond acceptors (Lipinski definition) is 5. The summed E-state index contributed by atoms with van der Waals surface area (Å²) in [5.74, 6) is 1.21. The Morgan fingerprint density at radius 3 is 2.72 bits per heavy atom. The third kappa shape index (κ3) is 5.00. The van der Waals surface area contributed by atoms with Crippen molar-refractivity contribution in [3.8, 4) is 11.6 Å². The number of nitrogens with zero attached hydrogens (tertiary/aromatic N) is 2. The molecular weight excluding hydrogens is 462 g/mol. The van der Waals surface area contributed by atoms with E-state index in [1.54, 1.807) is 7.11 Å². The minimum absolute atomic E-state index is 0.137. The molecule has 0 saturated carbocycles. The summed E-state index contributed by atoms with van der Waals surface area (Å²) in [5, 5.41) is 0. The maximum Gasteiger partial charge on any atom is 0.216 e. The van der Waals surface area contributed by atoms with Gasteiger partial charge in [-0.3, -0.25) is 9.29 Å². The molecule has 36 heavy (non-hydrogen) atoms. The Balaban J connectivity index is 1.44. The second-order valence-electron chi connectivity index (χ2n) is 10.3. The van der Waals surface area contributed by atoms with E-state index in [0.717, 1.165) is 37.7 Å². The third-order valence-electron chi connectivity index (χ3n) is 7.69. The monoisotopic (exact) mass is 498 g/mol. The predicted molar refractivity (Wildman–Crippen MR) is 136 cm³/mol. The Kier molecular flexibility index (Phi) is 7.58. The lowest BCUT2D eigenvalue weighted by atomic mass is 9.84. The van der Waals surface area contributed by atoms with Gasteiger partial charge >= 0.3 is 0 Å². The van der Waals surface area contributed by atoms with Crippen LogP contribution in [0.15, 0.2) is 42.1 Å². The Morgan fingerprint density at radius 1 is 1.17 bits per heavy atom. The molecular formula is C29H36F2N2O3. The van der Waals surface area contributed by atoms with Crippen molar-refractivity contribution in [3.63, 3.8) is 0 Å². The van der Waals surface area contributed by atoms with Gasteiger partial charge in [0.2, 0.25) is 5.88 Å². The van der Waals surface area contributed by atoms with Crippen LogP contribution in [0.5, 0.6) is 11.6 Å². The van der Waals surface area contributed by atoms with Crippen molar-refractivity contribution in [1.82, 2.24) is 9.88 Å². The molecule has 5 rings (SSSR count). The molecule has 1 aliphatic carbocycles. The van der Waals surface area contributed by atoms with Crippen LogP contribution in [0.2, 0.25) is 0 Å². The van der Waals surface area contributed by atoms with Crippen LogP contribution in [0.25, 0.3) is 5.57 Å². The number of rotatable bonds is 11. The Bertz CT molecular complexity index is 1100. The van der Waals surface area contributed by atoms with E-state index in [1.165, 1.54) is 22.3 Å². The fourth-order valence-corrected chi connectivity index (χ4v) is 5.80. The number of fused-ring (bicyclic) bond motifs is 2. The van der Waals surface area contributed by atoms with Crippen molar-refractivity contribution in [2.24, 2.45) is 0 Å². The number of hydrogen-bond donors (Lipinski definition) is 0. The van der Waals surface area contributed by atoms with Crippen LogP contribution in [-0.4, -0.2) is 61.7 Å². The zero-order valence-corrected chi connectivity index (χ0v) is 21.3. The fraction of sp³-hybridized carbons (Fsp3) is 0.552. The van der Waals surface area contributed by atoms with Gasteiger partial charge in [0.1, 0.15) is 5.75 Å². The first kappa shape index (κ1) is 25.2. The summed E-state index contributed by atoms with van der Waals surface area (Å²) in [6.07, 6.45) is 6.82. The van der Waals surface area contributed by atoms with E-state index < -0.39 is 5.67 Å². The summed E-state index contributed by atoms with van der Waals surface area (Å²) in [4.78, 5) is 6.90. The van der Waals surface area contributed by atoms with Crippen molar-refractivity contribution in [1.29, 1.82) is 0 Å². The molecule has 1 saturated heterocycles. The molecule has 0 unspecified atom stereocenters. The molecule has 0 spiro atoms. The molecule has 0 amide bonds. The summed E-state index contributed by atoms with van der Waals surface area (Å²) in [6.45, 7) is 3.04. The van der Waals surface area contributed by atoms with Gasteiger partial charge in [0.25, 0.3) is 0 Å². The fourth-order valence-electron chi connectivity index (χ4n) is 5.80. The molecule has 0 bridgehead atoms. The highest BCUT2D eigenvalue weighted by Crippen LogP contribution is 2.51. The number of ether oxygens (including phenoxy) is 3. The molecule has 0 N–H and O–H groups in total. The summed E-state index contributed by atoms with van der Waals surface area (Å²) in [5.41, 5.74) is 4.91. The van der Waals surface area contributed by atoms with Crippen molar-refractivity contribution in [2.75, 3.05) is 40.1 Å². The number of aromatic nitrogens is 1. The first-order chi connectivity index (χ1) is 17.5. The van der Waals surface area contributed by atoms with Gasteiger partial charge in [-0.25, -0.2) is 9.37 Å². The zero-order chi connectivity index (χ0) is 25.1. The van der Waals surface area contributed by atoms with Gasteiger partial charge in [0, 0.05) is 30.4 Å². The number of methoxy groups -OCH3 is 1. The van der Waals surface area contributed by atoms with Crippen LogP contribution in [-0.2, 0) is 11.2 Å². The van der Waals surface area contributed by atoms with E-state index in [-0.39, 0.29) is 32.0 Å². The van der Waals surface area contributed by atoms with Gasteiger partial charge in [0.15, 0.2) is 5.67 Å². The highest BCUT2D eigenvalue weighted by molar-refractivity contribution is 5.79. The van der Waals surface area contributed by atoms with E-state index in [0.29, 0.717) is 31.2 Å². The standard InChI is InChI=1S/C29H36F2N2O3/c1-20-13-23-22-10-6-5-9-21(22)14-24(23)28(33(20)17-29(31)18-35-19-29)25-16-32-27(15-26(25)34-2)36-12-8-4-3-7-11-30/h5-6,9-10,15-16,20,28H,3-4,7-8,11-14,17-19H2,1-2H3/t20-,28+/m1/s1. The van der Waals surface area contributed by atoms with E-state index >= 15 is 4.39 Å². The number of benzene rings is 1. The first-order valence-electron chi connectivity index (χ1n) is 13.1. The first-order valence-corrected chi connectivity index (χ1v) is 13.1. The summed E-state index contributed by atoms with van der Waals surface area (Å²) >= 11 is 0. The van der Waals surface area contributed by atoms with E-state index in [9.17, 15) is 4.39 Å².